The maximum Gasteiger partial charge on any atom is 0.410 e. The summed E-state index contributed by atoms with van der Waals surface area (Å²) in [5.74, 6) is -0.967. The van der Waals surface area contributed by atoms with E-state index in [1.807, 2.05) is 0 Å². The Kier molecular flexibility index (Phi) is 5.43. The summed E-state index contributed by atoms with van der Waals surface area (Å²) in [5, 5.41) is 12.0. The van der Waals surface area contributed by atoms with Crippen LogP contribution in [0.15, 0.2) is 0 Å². The molecule has 1 rings (SSSR count). The van der Waals surface area contributed by atoms with E-state index in [0.29, 0.717) is 13.1 Å². The SMILES string of the molecule is CC(C)(C)OC(=O)N1CCN[C@](C)(C(=O)O)C1.Cl. The second-order valence-corrected chi connectivity index (χ2v) is 5.47. The van der Waals surface area contributed by atoms with Crippen LogP contribution >= 0.6 is 12.4 Å². The first-order valence-corrected chi connectivity index (χ1v) is 5.60. The van der Waals surface area contributed by atoms with E-state index in [2.05, 4.69) is 5.32 Å². The number of rotatable bonds is 1. The van der Waals surface area contributed by atoms with Gasteiger partial charge in [-0.1, -0.05) is 0 Å². The van der Waals surface area contributed by atoms with Gasteiger partial charge in [0, 0.05) is 13.1 Å². The normalized spacial score (nSPS) is 24.1. The van der Waals surface area contributed by atoms with Gasteiger partial charge in [0.15, 0.2) is 0 Å². The topological polar surface area (TPSA) is 78.9 Å². The molecule has 0 unspecified atom stereocenters. The van der Waals surface area contributed by atoms with Gasteiger partial charge in [-0.05, 0) is 27.7 Å². The van der Waals surface area contributed by atoms with Crippen LogP contribution in [-0.4, -0.2) is 52.8 Å². The summed E-state index contributed by atoms with van der Waals surface area (Å²) in [4.78, 5) is 24.3. The molecule has 1 amide bonds. The average molecular weight is 281 g/mol. The lowest BCUT2D eigenvalue weighted by atomic mass is 10.00. The van der Waals surface area contributed by atoms with Crippen LogP contribution in [0.4, 0.5) is 4.79 Å². The van der Waals surface area contributed by atoms with E-state index in [1.165, 1.54) is 4.90 Å². The molecule has 0 bridgehead atoms. The van der Waals surface area contributed by atoms with Crippen LogP contribution in [0.3, 0.4) is 0 Å². The van der Waals surface area contributed by atoms with Crippen molar-refractivity contribution in [2.75, 3.05) is 19.6 Å². The molecule has 2 N–H and O–H groups in total. The Bertz CT molecular complexity index is 329. The largest absolute Gasteiger partial charge is 0.480 e. The van der Waals surface area contributed by atoms with E-state index in [4.69, 9.17) is 9.84 Å². The Morgan fingerprint density at radius 2 is 1.94 bits per heavy atom. The maximum atomic E-state index is 11.8. The predicted molar refractivity (Wildman–Crippen MR) is 69.1 cm³/mol. The predicted octanol–water partition coefficient (Wildman–Crippen LogP) is 1.09. The summed E-state index contributed by atoms with van der Waals surface area (Å²) in [6, 6.07) is 0. The quantitative estimate of drug-likeness (QED) is 0.752. The lowest BCUT2D eigenvalue weighted by Crippen LogP contribution is -2.64. The minimum atomic E-state index is -1.10. The number of aliphatic carboxylic acids is 1. The number of carboxylic acids is 1. The Hall–Kier alpha value is -1.01. The summed E-state index contributed by atoms with van der Waals surface area (Å²) in [6.45, 7) is 7.92. The number of piperazine rings is 1. The van der Waals surface area contributed by atoms with Crippen molar-refractivity contribution < 1.29 is 19.4 Å². The molecular formula is C11H21ClN2O4. The Labute approximate surface area is 113 Å². The van der Waals surface area contributed by atoms with Crippen LogP contribution in [0.25, 0.3) is 0 Å². The fraction of sp³-hybridized carbons (Fsp3) is 0.818. The van der Waals surface area contributed by atoms with Crippen molar-refractivity contribution in [2.24, 2.45) is 0 Å². The molecule has 1 fully saturated rings. The molecule has 0 saturated carbocycles. The number of halogens is 1. The van der Waals surface area contributed by atoms with Crippen molar-refractivity contribution >= 4 is 24.5 Å². The first-order valence-electron chi connectivity index (χ1n) is 5.60. The molecule has 0 radical (unpaired) electrons. The second-order valence-electron chi connectivity index (χ2n) is 5.47. The molecule has 0 aromatic carbocycles. The molecule has 18 heavy (non-hydrogen) atoms. The third-order valence-corrected chi connectivity index (χ3v) is 2.53. The highest BCUT2D eigenvalue weighted by molar-refractivity contribution is 5.85. The fourth-order valence-corrected chi connectivity index (χ4v) is 1.61. The number of carboxylic acid groups (broad SMARTS) is 1. The Morgan fingerprint density at radius 3 is 2.39 bits per heavy atom. The van der Waals surface area contributed by atoms with Gasteiger partial charge in [-0.15, -0.1) is 12.4 Å². The van der Waals surface area contributed by atoms with Crippen molar-refractivity contribution in [3.8, 4) is 0 Å². The third-order valence-electron chi connectivity index (χ3n) is 2.53. The number of amides is 1. The molecule has 0 aliphatic carbocycles. The number of ether oxygens (including phenoxy) is 1. The second kappa shape index (κ2) is 5.75. The van der Waals surface area contributed by atoms with Gasteiger partial charge in [0.05, 0.1) is 6.54 Å². The summed E-state index contributed by atoms with van der Waals surface area (Å²) in [7, 11) is 0. The maximum absolute atomic E-state index is 11.8. The smallest absolute Gasteiger partial charge is 0.410 e. The summed E-state index contributed by atoms with van der Waals surface area (Å²) < 4.78 is 5.22. The molecule has 6 nitrogen and oxygen atoms in total. The van der Waals surface area contributed by atoms with Gasteiger partial charge in [-0.3, -0.25) is 10.1 Å². The van der Waals surface area contributed by atoms with Gasteiger partial charge >= 0.3 is 12.1 Å². The summed E-state index contributed by atoms with van der Waals surface area (Å²) in [6.07, 6.45) is -0.466. The minimum Gasteiger partial charge on any atom is -0.480 e. The van der Waals surface area contributed by atoms with Crippen molar-refractivity contribution in [3.05, 3.63) is 0 Å². The van der Waals surface area contributed by atoms with Gasteiger partial charge in [0.25, 0.3) is 0 Å². The molecule has 7 heteroatoms. The fourth-order valence-electron chi connectivity index (χ4n) is 1.61. The standard InChI is InChI=1S/C11H20N2O4.ClH/c1-10(2,3)17-9(16)13-6-5-12-11(4,7-13)8(14)15;/h12H,5-7H2,1-4H3,(H,14,15);1H/t11-;/m0./s1. The zero-order valence-electron chi connectivity index (χ0n) is 11.1. The molecule has 1 aliphatic rings. The van der Waals surface area contributed by atoms with Crippen molar-refractivity contribution in [3.63, 3.8) is 0 Å². The number of carbonyl (C=O) groups is 2. The average Bonchev–Trinajstić information content (AvgIpc) is 2.15. The molecule has 1 atom stereocenters. The van der Waals surface area contributed by atoms with E-state index in [9.17, 15) is 9.59 Å². The van der Waals surface area contributed by atoms with Gasteiger partial charge < -0.3 is 14.7 Å². The van der Waals surface area contributed by atoms with Crippen LogP contribution in [0.2, 0.25) is 0 Å². The molecule has 1 saturated heterocycles. The number of carbonyl (C=O) groups excluding carboxylic acids is 1. The van der Waals surface area contributed by atoms with E-state index in [1.54, 1.807) is 27.7 Å². The Morgan fingerprint density at radius 1 is 1.39 bits per heavy atom. The lowest BCUT2D eigenvalue weighted by Gasteiger charge is -2.38. The molecular weight excluding hydrogens is 260 g/mol. The van der Waals surface area contributed by atoms with Crippen LogP contribution in [-0.2, 0) is 9.53 Å². The number of hydrogen-bond acceptors (Lipinski definition) is 4. The van der Waals surface area contributed by atoms with Gasteiger partial charge in [0.2, 0.25) is 0 Å². The van der Waals surface area contributed by atoms with Gasteiger partial charge in [0.1, 0.15) is 11.1 Å². The first-order chi connectivity index (χ1) is 7.64. The van der Waals surface area contributed by atoms with Crippen molar-refractivity contribution in [2.45, 2.75) is 38.8 Å². The van der Waals surface area contributed by atoms with E-state index >= 15 is 0 Å². The van der Waals surface area contributed by atoms with Crippen LogP contribution in [0, 0.1) is 0 Å². The highest BCUT2D eigenvalue weighted by Crippen LogP contribution is 2.15. The molecule has 0 aromatic rings. The van der Waals surface area contributed by atoms with Crippen molar-refractivity contribution in [1.29, 1.82) is 0 Å². The van der Waals surface area contributed by atoms with Crippen LogP contribution in [0.5, 0.6) is 0 Å². The van der Waals surface area contributed by atoms with E-state index < -0.39 is 23.2 Å². The molecule has 0 spiro atoms. The number of nitrogens with one attached hydrogen (secondary N) is 1. The lowest BCUT2D eigenvalue weighted by molar-refractivity contribution is -0.145. The van der Waals surface area contributed by atoms with Gasteiger partial charge in [-0.2, -0.15) is 0 Å². The minimum absolute atomic E-state index is 0. The highest BCUT2D eigenvalue weighted by atomic mass is 35.5. The number of nitrogens with zero attached hydrogens (tertiary/aromatic N) is 1. The molecule has 1 heterocycles. The van der Waals surface area contributed by atoms with Crippen LogP contribution in [0.1, 0.15) is 27.7 Å². The first kappa shape index (κ1) is 17.0. The molecule has 1 aliphatic heterocycles. The third kappa shape index (κ3) is 4.34. The summed E-state index contributed by atoms with van der Waals surface area (Å²) in [5.41, 5.74) is -1.67. The highest BCUT2D eigenvalue weighted by Gasteiger charge is 2.40. The Balaban J connectivity index is 0.00000289. The molecule has 0 aromatic heterocycles. The zero-order chi connectivity index (χ0) is 13.3. The summed E-state index contributed by atoms with van der Waals surface area (Å²) >= 11 is 0. The van der Waals surface area contributed by atoms with Crippen LogP contribution < -0.4 is 5.32 Å². The van der Waals surface area contributed by atoms with Crippen molar-refractivity contribution in [1.82, 2.24) is 10.2 Å². The zero-order valence-corrected chi connectivity index (χ0v) is 12.0. The van der Waals surface area contributed by atoms with E-state index in [-0.39, 0.29) is 19.0 Å². The monoisotopic (exact) mass is 280 g/mol. The number of hydrogen-bond donors (Lipinski definition) is 2. The molecule has 106 valence electrons. The van der Waals surface area contributed by atoms with Gasteiger partial charge in [-0.25, -0.2) is 4.79 Å². The van der Waals surface area contributed by atoms with E-state index in [0.717, 1.165) is 0 Å².